The van der Waals surface area contributed by atoms with Crippen LogP contribution in [0, 0.1) is 0 Å². The standard InChI is InChI=1S/C22H24ClN3OS/c23-16-6-7-20-18(14-16)19(8-13-28-20)25-11-9-22(10-12-25)21(27)24-15-26(22)17-4-2-1-3-5-17/h1-7,14,19H,8-13,15H2,(H,24,27). The Morgan fingerprint density at radius 3 is 2.68 bits per heavy atom. The zero-order valence-corrected chi connectivity index (χ0v) is 17.3. The maximum atomic E-state index is 12.9. The lowest BCUT2D eigenvalue weighted by Crippen LogP contribution is -2.57. The van der Waals surface area contributed by atoms with Gasteiger partial charge in [-0.05, 0) is 60.9 Å². The predicted molar refractivity (Wildman–Crippen MR) is 115 cm³/mol. The van der Waals surface area contributed by atoms with Gasteiger partial charge < -0.3 is 10.2 Å². The van der Waals surface area contributed by atoms with E-state index < -0.39 is 5.54 Å². The zero-order valence-electron chi connectivity index (χ0n) is 15.7. The molecule has 2 saturated heterocycles. The number of fused-ring (bicyclic) bond motifs is 1. The Hall–Kier alpha value is -1.69. The van der Waals surface area contributed by atoms with E-state index in [0.29, 0.717) is 12.7 Å². The molecule has 3 heterocycles. The van der Waals surface area contributed by atoms with Crippen LogP contribution in [-0.2, 0) is 4.79 Å². The highest BCUT2D eigenvalue weighted by Crippen LogP contribution is 2.44. The van der Waals surface area contributed by atoms with Gasteiger partial charge in [0.05, 0.1) is 6.67 Å². The fourth-order valence-corrected chi connectivity index (χ4v) is 6.23. The summed E-state index contributed by atoms with van der Waals surface area (Å²) in [6.45, 7) is 2.46. The molecule has 3 aliphatic heterocycles. The Bertz CT molecular complexity index is 883. The number of halogens is 1. The normalized spacial score (nSPS) is 24.2. The average Bonchev–Trinajstić information content (AvgIpc) is 3.04. The first-order chi connectivity index (χ1) is 13.7. The summed E-state index contributed by atoms with van der Waals surface area (Å²) < 4.78 is 0. The molecule has 1 N–H and O–H groups in total. The minimum Gasteiger partial charge on any atom is -0.339 e. The van der Waals surface area contributed by atoms with Gasteiger partial charge in [-0.1, -0.05) is 29.8 Å². The number of nitrogens with one attached hydrogen (secondary N) is 1. The molecule has 0 saturated carbocycles. The lowest BCUT2D eigenvalue weighted by Gasteiger charge is -2.46. The molecule has 0 bridgehead atoms. The van der Waals surface area contributed by atoms with Crippen LogP contribution < -0.4 is 10.2 Å². The van der Waals surface area contributed by atoms with Gasteiger partial charge in [-0.25, -0.2) is 0 Å². The summed E-state index contributed by atoms with van der Waals surface area (Å²) in [6.07, 6.45) is 2.85. The van der Waals surface area contributed by atoms with E-state index in [4.69, 9.17) is 11.6 Å². The second-order valence-corrected chi connectivity index (χ2v) is 9.40. The first kappa shape index (κ1) is 18.3. The number of nitrogens with zero attached hydrogens (tertiary/aromatic N) is 2. The van der Waals surface area contributed by atoms with Gasteiger partial charge in [0, 0.05) is 34.7 Å². The molecule has 1 unspecified atom stereocenters. The van der Waals surface area contributed by atoms with Crippen LogP contribution in [-0.4, -0.2) is 41.9 Å². The molecule has 0 aromatic heterocycles. The summed E-state index contributed by atoms with van der Waals surface area (Å²) in [5.41, 5.74) is 2.06. The predicted octanol–water partition coefficient (Wildman–Crippen LogP) is 4.31. The van der Waals surface area contributed by atoms with Crippen molar-refractivity contribution < 1.29 is 4.79 Å². The Balaban J connectivity index is 1.38. The molecule has 2 aromatic carbocycles. The molecule has 3 aliphatic rings. The topological polar surface area (TPSA) is 35.6 Å². The second kappa shape index (κ2) is 7.29. The molecule has 28 heavy (non-hydrogen) atoms. The molecule has 1 atom stereocenters. The molecule has 1 spiro atoms. The van der Waals surface area contributed by atoms with Crippen molar-refractivity contribution in [1.29, 1.82) is 0 Å². The molecule has 4 nitrogen and oxygen atoms in total. The van der Waals surface area contributed by atoms with E-state index in [0.717, 1.165) is 48.8 Å². The number of amides is 1. The number of rotatable bonds is 2. The van der Waals surface area contributed by atoms with Crippen LogP contribution in [0.5, 0.6) is 0 Å². The second-order valence-electron chi connectivity index (χ2n) is 7.83. The fourth-order valence-electron chi connectivity index (χ4n) is 4.96. The molecule has 1 amide bonds. The van der Waals surface area contributed by atoms with Crippen molar-refractivity contribution in [3.05, 3.63) is 59.1 Å². The number of para-hydroxylation sites is 1. The maximum absolute atomic E-state index is 12.9. The van der Waals surface area contributed by atoms with Gasteiger partial charge in [0.1, 0.15) is 5.54 Å². The van der Waals surface area contributed by atoms with E-state index in [9.17, 15) is 4.79 Å². The lowest BCUT2D eigenvalue weighted by atomic mass is 9.84. The van der Waals surface area contributed by atoms with Crippen LogP contribution in [0.25, 0.3) is 0 Å². The summed E-state index contributed by atoms with van der Waals surface area (Å²) in [5.74, 6) is 1.32. The lowest BCUT2D eigenvalue weighted by molar-refractivity contribution is -0.125. The Morgan fingerprint density at radius 1 is 1.11 bits per heavy atom. The van der Waals surface area contributed by atoms with E-state index in [1.165, 1.54) is 10.5 Å². The van der Waals surface area contributed by atoms with Crippen LogP contribution in [0.4, 0.5) is 5.69 Å². The van der Waals surface area contributed by atoms with Crippen LogP contribution in [0.15, 0.2) is 53.4 Å². The van der Waals surface area contributed by atoms with E-state index in [-0.39, 0.29) is 5.91 Å². The Morgan fingerprint density at radius 2 is 1.89 bits per heavy atom. The third-order valence-electron chi connectivity index (χ3n) is 6.45. The van der Waals surface area contributed by atoms with Crippen molar-refractivity contribution in [3.63, 3.8) is 0 Å². The summed E-state index contributed by atoms with van der Waals surface area (Å²) in [7, 11) is 0. The number of benzene rings is 2. The molecule has 2 aromatic rings. The quantitative estimate of drug-likeness (QED) is 0.795. The monoisotopic (exact) mass is 413 g/mol. The van der Waals surface area contributed by atoms with Gasteiger partial charge in [-0.2, -0.15) is 0 Å². The van der Waals surface area contributed by atoms with E-state index >= 15 is 0 Å². The van der Waals surface area contributed by atoms with Gasteiger partial charge in [0.25, 0.3) is 0 Å². The number of hydrogen-bond acceptors (Lipinski definition) is 4. The van der Waals surface area contributed by atoms with Gasteiger partial charge >= 0.3 is 0 Å². The van der Waals surface area contributed by atoms with E-state index in [1.54, 1.807) is 0 Å². The molecule has 6 heteroatoms. The van der Waals surface area contributed by atoms with Crippen LogP contribution in [0.1, 0.15) is 30.9 Å². The molecule has 2 fully saturated rings. The van der Waals surface area contributed by atoms with Gasteiger partial charge in [0.15, 0.2) is 0 Å². The number of carbonyl (C=O) groups is 1. The molecule has 0 radical (unpaired) electrons. The van der Waals surface area contributed by atoms with Gasteiger partial charge in [0.2, 0.25) is 5.91 Å². The van der Waals surface area contributed by atoms with E-state index in [2.05, 4.69) is 39.4 Å². The molecule has 0 aliphatic carbocycles. The van der Waals surface area contributed by atoms with Crippen LogP contribution in [0.2, 0.25) is 5.02 Å². The maximum Gasteiger partial charge on any atom is 0.247 e. The first-order valence-electron chi connectivity index (χ1n) is 9.95. The summed E-state index contributed by atoms with van der Waals surface area (Å²) >= 11 is 8.22. The highest BCUT2D eigenvalue weighted by Gasteiger charge is 2.51. The third-order valence-corrected chi connectivity index (χ3v) is 7.81. The zero-order chi connectivity index (χ0) is 19.1. The largest absolute Gasteiger partial charge is 0.339 e. The smallest absolute Gasteiger partial charge is 0.247 e. The van der Waals surface area contributed by atoms with Crippen molar-refractivity contribution in [2.45, 2.75) is 35.7 Å². The number of anilines is 1. The Labute approximate surface area is 175 Å². The fraction of sp³-hybridized carbons (Fsp3) is 0.409. The SMILES string of the molecule is O=C1NCN(c2ccccc2)C12CCN(C1CCSc3ccc(Cl)cc31)CC2. The Kier molecular flexibility index (Phi) is 4.77. The number of thioether (sulfide) groups is 1. The van der Waals surface area contributed by atoms with Crippen molar-refractivity contribution in [3.8, 4) is 0 Å². The van der Waals surface area contributed by atoms with Crippen LogP contribution >= 0.6 is 23.4 Å². The van der Waals surface area contributed by atoms with Crippen molar-refractivity contribution in [2.24, 2.45) is 0 Å². The number of likely N-dealkylation sites (tertiary alicyclic amines) is 1. The number of hydrogen-bond donors (Lipinski definition) is 1. The highest BCUT2D eigenvalue weighted by atomic mass is 35.5. The average molecular weight is 414 g/mol. The van der Waals surface area contributed by atoms with Gasteiger partial charge in [-0.15, -0.1) is 11.8 Å². The molecular weight excluding hydrogens is 390 g/mol. The molecular formula is C22H24ClN3OS. The third kappa shape index (κ3) is 3.00. The number of carbonyl (C=O) groups excluding carboxylic acids is 1. The summed E-state index contributed by atoms with van der Waals surface area (Å²) in [6, 6.07) is 17.0. The first-order valence-corrected chi connectivity index (χ1v) is 11.3. The summed E-state index contributed by atoms with van der Waals surface area (Å²) in [5, 5.41) is 3.90. The number of piperidine rings is 1. The molecule has 146 valence electrons. The van der Waals surface area contributed by atoms with Crippen molar-refractivity contribution in [1.82, 2.24) is 10.2 Å². The molecule has 5 rings (SSSR count). The van der Waals surface area contributed by atoms with Crippen molar-refractivity contribution in [2.75, 3.05) is 30.4 Å². The van der Waals surface area contributed by atoms with Gasteiger partial charge in [-0.3, -0.25) is 9.69 Å². The minimum atomic E-state index is -0.418. The van der Waals surface area contributed by atoms with E-state index in [1.807, 2.05) is 36.0 Å². The highest BCUT2D eigenvalue weighted by molar-refractivity contribution is 7.99. The van der Waals surface area contributed by atoms with Crippen LogP contribution in [0.3, 0.4) is 0 Å². The summed E-state index contributed by atoms with van der Waals surface area (Å²) in [4.78, 5) is 19.1. The van der Waals surface area contributed by atoms with Crippen molar-refractivity contribution >= 4 is 35.0 Å². The minimum absolute atomic E-state index is 0.179.